The van der Waals surface area contributed by atoms with Gasteiger partial charge in [0, 0.05) is 24.6 Å². The number of ether oxygens (including phenoxy) is 1. The molecule has 5 nitrogen and oxygen atoms in total. The lowest BCUT2D eigenvalue weighted by Gasteiger charge is -2.16. The average Bonchev–Trinajstić information content (AvgIpc) is 3.19. The van der Waals surface area contributed by atoms with Crippen molar-refractivity contribution >= 4 is 22.6 Å². The lowest BCUT2D eigenvalue weighted by atomic mass is 10.1. The molecule has 0 radical (unpaired) electrons. The SMILES string of the molecule is CCOc1ccc(N2C[C@@H](c3nc4ccc(C)cc4[nH]3)CC2=O)cc1. The van der Waals surface area contributed by atoms with Gasteiger partial charge in [-0.05, 0) is 55.8 Å². The number of aryl methyl sites for hydroxylation is 1. The summed E-state index contributed by atoms with van der Waals surface area (Å²) < 4.78 is 5.47. The van der Waals surface area contributed by atoms with Crippen LogP contribution in [0, 0.1) is 6.92 Å². The van der Waals surface area contributed by atoms with E-state index in [0.717, 1.165) is 28.3 Å². The second-order valence-corrected chi connectivity index (χ2v) is 6.47. The normalized spacial score (nSPS) is 17.4. The van der Waals surface area contributed by atoms with Gasteiger partial charge in [0.25, 0.3) is 0 Å². The predicted molar refractivity (Wildman–Crippen MR) is 98.2 cm³/mol. The van der Waals surface area contributed by atoms with Crippen LogP contribution in [0.2, 0.25) is 0 Å². The standard InChI is InChI=1S/C20H21N3O2/c1-3-25-16-7-5-15(6-8-16)23-12-14(11-19(23)24)20-21-17-9-4-13(2)10-18(17)22-20/h4-10,14H,3,11-12H2,1-2H3,(H,21,22)/t14-/m0/s1. The van der Waals surface area contributed by atoms with Crippen LogP contribution in [0.1, 0.15) is 30.7 Å². The Morgan fingerprint density at radius 1 is 1.24 bits per heavy atom. The summed E-state index contributed by atoms with van der Waals surface area (Å²) in [6.45, 7) is 5.30. The summed E-state index contributed by atoms with van der Waals surface area (Å²) in [6, 6.07) is 13.9. The molecule has 0 bridgehead atoms. The Hall–Kier alpha value is -2.82. The summed E-state index contributed by atoms with van der Waals surface area (Å²) in [5.74, 6) is 1.93. The van der Waals surface area contributed by atoms with Gasteiger partial charge in [-0.25, -0.2) is 4.98 Å². The minimum Gasteiger partial charge on any atom is -0.494 e. The molecule has 1 fully saturated rings. The zero-order chi connectivity index (χ0) is 17.4. The van der Waals surface area contributed by atoms with E-state index in [2.05, 4.69) is 29.0 Å². The Morgan fingerprint density at radius 2 is 2.04 bits per heavy atom. The lowest BCUT2D eigenvalue weighted by Crippen LogP contribution is -2.24. The van der Waals surface area contributed by atoms with Crippen molar-refractivity contribution in [3.63, 3.8) is 0 Å². The molecule has 1 aromatic heterocycles. The Labute approximate surface area is 146 Å². The fourth-order valence-corrected chi connectivity index (χ4v) is 3.37. The van der Waals surface area contributed by atoms with E-state index in [-0.39, 0.29) is 11.8 Å². The molecule has 1 aliphatic rings. The van der Waals surface area contributed by atoms with Crippen LogP contribution in [0.4, 0.5) is 5.69 Å². The third-order valence-corrected chi connectivity index (χ3v) is 4.63. The van der Waals surface area contributed by atoms with E-state index in [9.17, 15) is 4.79 Å². The van der Waals surface area contributed by atoms with Crippen molar-refractivity contribution in [2.75, 3.05) is 18.1 Å². The molecule has 1 atom stereocenters. The molecule has 128 valence electrons. The highest BCUT2D eigenvalue weighted by atomic mass is 16.5. The highest BCUT2D eigenvalue weighted by Crippen LogP contribution is 2.32. The lowest BCUT2D eigenvalue weighted by molar-refractivity contribution is -0.117. The number of amides is 1. The van der Waals surface area contributed by atoms with Gasteiger partial charge in [-0.15, -0.1) is 0 Å². The molecular weight excluding hydrogens is 314 g/mol. The molecule has 1 aliphatic heterocycles. The summed E-state index contributed by atoms with van der Waals surface area (Å²) in [4.78, 5) is 22.4. The van der Waals surface area contributed by atoms with Gasteiger partial charge in [-0.2, -0.15) is 0 Å². The van der Waals surface area contributed by atoms with Crippen LogP contribution in [-0.4, -0.2) is 29.0 Å². The number of fused-ring (bicyclic) bond motifs is 1. The summed E-state index contributed by atoms with van der Waals surface area (Å²) in [5, 5.41) is 0. The van der Waals surface area contributed by atoms with Crippen molar-refractivity contribution in [1.82, 2.24) is 9.97 Å². The maximum absolute atomic E-state index is 12.5. The molecule has 25 heavy (non-hydrogen) atoms. The van der Waals surface area contributed by atoms with Crippen LogP contribution >= 0.6 is 0 Å². The molecular formula is C20H21N3O2. The number of H-pyrrole nitrogens is 1. The molecule has 0 saturated carbocycles. The fraction of sp³-hybridized carbons (Fsp3) is 0.300. The number of carbonyl (C=O) groups excluding carboxylic acids is 1. The Balaban J connectivity index is 1.56. The number of nitrogens with one attached hydrogen (secondary N) is 1. The fourth-order valence-electron chi connectivity index (χ4n) is 3.37. The second kappa shape index (κ2) is 6.24. The second-order valence-electron chi connectivity index (χ2n) is 6.47. The quantitative estimate of drug-likeness (QED) is 0.789. The number of anilines is 1. The Morgan fingerprint density at radius 3 is 2.80 bits per heavy atom. The first-order chi connectivity index (χ1) is 12.1. The van der Waals surface area contributed by atoms with E-state index >= 15 is 0 Å². The summed E-state index contributed by atoms with van der Waals surface area (Å²) >= 11 is 0. The van der Waals surface area contributed by atoms with Crippen molar-refractivity contribution in [3.8, 4) is 5.75 Å². The number of nitrogens with zero attached hydrogens (tertiary/aromatic N) is 2. The van der Waals surface area contributed by atoms with E-state index in [4.69, 9.17) is 4.74 Å². The van der Waals surface area contributed by atoms with Crippen LogP contribution in [0.5, 0.6) is 5.75 Å². The number of rotatable bonds is 4. The molecule has 0 spiro atoms. The first-order valence-corrected chi connectivity index (χ1v) is 8.63. The third-order valence-electron chi connectivity index (χ3n) is 4.63. The predicted octanol–water partition coefficient (Wildman–Crippen LogP) is 3.79. The number of carbonyl (C=O) groups is 1. The zero-order valence-electron chi connectivity index (χ0n) is 14.5. The first-order valence-electron chi connectivity index (χ1n) is 8.63. The highest BCUT2D eigenvalue weighted by molar-refractivity contribution is 5.96. The summed E-state index contributed by atoms with van der Waals surface area (Å²) in [7, 11) is 0. The van der Waals surface area contributed by atoms with Crippen molar-refractivity contribution in [1.29, 1.82) is 0 Å². The number of aromatic amines is 1. The average molecular weight is 335 g/mol. The van der Waals surface area contributed by atoms with E-state index in [1.54, 1.807) is 0 Å². The Kier molecular flexibility index (Phi) is 3.92. The van der Waals surface area contributed by atoms with Crippen molar-refractivity contribution < 1.29 is 9.53 Å². The topological polar surface area (TPSA) is 58.2 Å². The molecule has 3 aromatic rings. The maximum atomic E-state index is 12.5. The van der Waals surface area contributed by atoms with Crippen molar-refractivity contribution in [2.24, 2.45) is 0 Å². The van der Waals surface area contributed by atoms with Crippen molar-refractivity contribution in [2.45, 2.75) is 26.2 Å². The number of imidazole rings is 1. The van der Waals surface area contributed by atoms with Crippen LogP contribution in [-0.2, 0) is 4.79 Å². The summed E-state index contributed by atoms with van der Waals surface area (Å²) in [5.41, 5.74) is 4.08. The van der Waals surface area contributed by atoms with Crippen LogP contribution < -0.4 is 9.64 Å². The van der Waals surface area contributed by atoms with Gasteiger partial charge in [-0.3, -0.25) is 4.79 Å². The zero-order valence-corrected chi connectivity index (χ0v) is 14.5. The number of aromatic nitrogens is 2. The minimum atomic E-state index is 0.0896. The highest BCUT2D eigenvalue weighted by Gasteiger charge is 2.33. The van der Waals surface area contributed by atoms with Gasteiger partial charge in [0.2, 0.25) is 5.91 Å². The molecule has 1 amide bonds. The molecule has 2 heterocycles. The van der Waals surface area contributed by atoms with E-state index in [1.807, 2.05) is 42.2 Å². The minimum absolute atomic E-state index is 0.0896. The number of hydrogen-bond acceptors (Lipinski definition) is 3. The summed E-state index contributed by atoms with van der Waals surface area (Å²) in [6.07, 6.45) is 0.478. The molecule has 4 rings (SSSR count). The molecule has 1 N–H and O–H groups in total. The van der Waals surface area contributed by atoms with E-state index in [0.29, 0.717) is 19.6 Å². The molecule has 2 aromatic carbocycles. The molecule has 1 saturated heterocycles. The molecule has 0 aliphatic carbocycles. The molecule has 5 heteroatoms. The van der Waals surface area contributed by atoms with Crippen molar-refractivity contribution in [3.05, 3.63) is 53.9 Å². The van der Waals surface area contributed by atoms with E-state index < -0.39 is 0 Å². The van der Waals surface area contributed by atoms with Crippen LogP contribution in [0.25, 0.3) is 11.0 Å². The smallest absolute Gasteiger partial charge is 0.227 e. The van der Waals surface area contributed by atoms with Gasteiger partial charge < -0.3 is 14.6 Å². The van der Waals surface area contributed by atoms with Gasteiger partial charge in [-0.1, -0.05) is 6.07 Å². The third kappa shape index (κ3) is 2.97. The van der Waals surface area contributed by atoms with Gasteiger partial charge in [0.1, 0.15) is 11.6 Å². The van der Waals surface area contributed by atoms with Crippen LogP contribution in [0.15, 0.2) is 42.5 Å². The number of hydrogen-bond donors (Lipinski definition) is 1. The number of benzene rings is 2. The monoisotopic (exact) mass is 335 g/mol. The van der Waals surface area contributed by atoms with E-state index in [1.165, 1.54) is 5.56 Å². The largest absolute Gasteiger partial charge is 0.494 e. The maximum Gasteiger partial charge on any atom is 0.227 e. The van der Waals surface area contributed by atoms with Gasteiger partial charge in [0.05, 0.1) is 17.6 Å². The van der Waals surface area contributed by atoms with Gasteiger partial charge >= 0.3 is 0 Å². The first kappa shape index (κ1) is 15.7. The van der Waals surface area contributed by atoms with Crippen LogP contribution in [0.3, 0.4) is 0 Å². The molecule has 0 unspecified atom stereocenters. The van der Waals surface area contributed by atoms with Gasteiger partial charge in [0.15, 0.2) is 0 Å². The Bertz CT molecular complexity index is 914.